The summed E-state index contributed by atoms with van der Waals surface area (Å²) in [5.41, 5.74) is 4.44. The Bertz CT molecular complexity index is 890. The van der Waals surface area contributed by atoms with Crippen LogP contribution >= 0.6 is 0 Å². The minimum Gasteiger partial charge on any atom is -0.371 e. The Morgan fingerprint density at radius 2 is 1.96 bits per heavy atom. The number of hydrogen-bond acceptors (Lipinski definition) is 6. The van der Waals surface area contributed by atoms with Gasteiger partial charge in [0, 0.05) is 68.1 Å². The number of benzene rings is 1. The van der Waals surface area contributed by atoms with Gasteiger partial charge in [0.2, 0.25) is 0 Å². The third kappa shape index (κ3) is 4.70. The van der Waals surface area contributed by atoms with Crippen molar-refractivity contribution in [3.05, 3.63) is 66.6 Å². The van der Waals surface area contributed by atoms with Crippen LogP contribution in [0.25, 0.3) is 11.3 Å². The molecule has 28 heavy (non-hydrogen) atoms. The lowest BCUT2D eigenvalue weighted by Gasteiger charge is -2.34. The van der Waals surface area contributed by atoms with Gasteiger partial charge in [0.25, 0.3) is 0 Å². The zero-order valence-corrected chi connectivity index (χ0v) is 16.3. The molecule has 6 nitrogen and oxygen atoms in total. The summed E-state index contributed by atoms with van der Waals surface area (Å²) in [4.78, 5) is 19.7. The first kappa shape index (κ1) is 18.5. The van der Waals surface area contributed by atoms with Crippen LogP contribution in [0.4, 0.5) is 5.69 Å². The average molecular weight is 374 g/mol. The van der Waals surface area contributed by atoms with Gasteiger partial charge in [-0.05, 0) is 38.0 Å². The predicted octanol–water partition coefficient (Wildman–Crippen LogP) is 3.04. The highest BCUT2D eigenvalue weighted by atomic mass is 15.1. The Kier molecular flexibility index (Phi) is 5.87. The number of piperidine rings is 1. The summed E-state index contributed by atoms with van der Waals surface area (Å²) in [7, 11) is 0. The van der Waals surface area contributed by atoms with Crippen LogP contribution < -0.4 is 10.2 Å². The summed E-state index contributed by atoms with van der Waals surface area (Å²) in [6, 6.07) is 11.2. The second-order valence-electron chi connectivity index (χ2n) is 7.20. The molecule has 0 unspecified atom stereocenters. The van der Waals surface area contributed by atoms with Gasteiger partial charge in [0.1, 0.15) is 5.82 Å². The number of anilines is 1. The van der Waals surface area contributed by atoms with E-state index in [4.69, 9.17) is 0 Å². The Morgan fingerprint density at radius 1 is 1.07 bits per heavy atom. The number of aromatic nitrogens is 4. The fourth-order valence-corrected chi connectivity index (χ4v) is 3.68. The average Bonchev–Trinajstić information content (AvgIpc) is 2.75. The Hall–Kier alpha value is -2.86. The van der Waals surface area contributed by atoms with Gasteiger partial charge < -0.3 is 10.2 Å². The van der Waals surface area contributed by atoms with Gasteiger partial charge in [-0.25, -0.2) is 9.97 Å². The van der Waals surface area contributed by atoms with E-state index in [2.05, 4.69) is 54.4 Å². The lowest BCUT2D eigenvalue weighted by Crippen LogP contribution is -2.43. The molecule has 1 aliphatic heterocycles. The number of nitrogens with zero attached hydrogens (tertiary/aromatic N) is 5. The summed E-state index contributed by atoms with van der Waals surface area (Å²) in [6.07, 6.45) is 10.4. The van der Waals surface area contributed by atoms with E-state index in [-0.39, 0.29) is 0 Å². The lowest BCUT2D eigenvalue weighted by molar-refractivity contribution is 0.417. The van der Waals surface area contributed by atoms with Gasteiger partial charge in [-0.3, -0.25) is 9.97 Å². The van der Waals surface area contributed by atoms with Crippen molar-refractivity contribution in [3.63, 3.8) is 0 Å². The van der Waals surface area contributed by atoms with E-state index in [1.165, 1.54) is 5.69 Å². The van der Waals surface area contributed by atoms with E-state index in [0.717, 1.165) is 61.7 Å². The molecule has 0 atom stereocenters. The summed E-state index contributed by atoms with van der Waals surface area (Å²) < 4.78 is 0. The molecular weight excluding hydrogens is 348 g/mol. The normalized spacial score (nSPS) is 15.0. The molecule has 2 aromatic heterocycles. The van der Waals surface area contributed by atoms with Crippen LogP contribution in [-0.2, 0) is 6.42 Å². The largest absolute Gasteiger partial charge is 0.371 e. The highest BCUT2D eigenvalue weighted by Crippen LogP contribution is 2.25. The van der Waals surface area contributed by atoms with Gasteiger partial charge in [0.15, 0.2) is 0 Å². The molecule has 3 heterocycles. The summed E-state index contributed by atoms with van der Waals surface area (Å²) >= 11 is 0. The number of aryl methyl sites for hydroxylation is 1. The van der Waals surface area contributed by atoms with Crippen molar-refractivity contribution in [1.29, 1.82) is 0 Å². The van der Waals surface area contributed by atoms with E-state index in [9.17, 15) is 0 Å². The van der Waals surface area contributed by atoms with Crippen LogP contribution in [0.5, 0.6) is 0 Å². The van der Waals surface area contributed by atoms with Crippen LogP contribution in [0.3, 0.4) is 0 Å². The molecule has 0 amide bonds. The number of hydrogen-bond donors (Lipinski definition) is 1. The smallest absolute Gasteiger partial charge is 0.125 e. The first-order chi connectivity index (χ1) is 13.8. The van der Waals surface area contributed by atoms with E-state index >= 15 is 0 Å². The first-order valence-corrected chi connectivity index (χ1v) is 9.91. The maximum absolute atomic E-state index is 4.55. The minimum absolute atomic E-state index is 0.570. The maximum atomic E-state index is 4.55. The third-order valence-electron chi connectivity index (χ3n) is 5.21. The Morgan fingerprint density at radius 3 is 2.75 bits per heavy atom. The Balaban J connectivity index is 1.31. The molecule has 6 heteroatoms. The van der Waals surface area contributed by atoms with Crippen LogP contribution in [0.2, 0.25) is 0 Å². The third-order valence-corrected chi connectivity index (χ3v) is 5.21. The lowest BCUT2D eigenvalue weighted by atomic mass is 10.0. The van der Waals surface area contributed by atoms with Crippen LogP contribution in [0.15, 0.2) is 55.1 Å². The molecule has 1 aromatic carbocycles. The first-order valence-electron chi connectivity index (χ1n) is 9.91. The van der Waals surface area contributed by atoms with E-state index in [0.29, 0.717) is 6.04 Å². The highest BCUT2D eigenvalue weighted by molar-refractivity contribution is 5.65. The molecule has 1 aliphatic rings. The van der Waals surface area contributed by atoms with Gasteiger partial charge in [0.05, 0.1) is 11.4 Å². The van der Waals surface area contributed by atoms with Crippen molar-refractivity contribution in [2.24, 2.45) is 0 Å². The molecule has 1 N–H and O–H groups in total. The van der Waals surface area contributed by atoms with E-state index < -0.39 is 0 Å². The molecule has 144 valence electrons. The SMILES string of the molecule is Cc1nccc(-c2cccc(N3CCC(NCCc4cnccn4)CC3)c2)n1. The molecule has 0 aliphatic carbocycles. The topological polar surface area (TPSA) is 66.8 Å². The standard InChI is InChI=1S/C22H26N6/c1-17-24-10-6-22(27-17)18-3-2-4-21(15-18)28-13-7-19(8-14-28)25-9-5-20-16-23-11-12-26-20/h2-4,6,10-12,15-16,19,25H,5,7-9,13-14H2,1H3. The number of rotatable bonds is 6. The zero-order chi connectivity index (χ0) is 19.2. The highest BCUT2D eigenvalue weighted by Gasteiger charge is 2.19. The molecule has 0 bridgehead atoms. The number of nitrogens with one attached hydrogen (secondary N) is 1. The van der Waals surface area contributed by atoms with Crippen molar-refractivity contribution in [3.8, 4) is 11.3 Å². The maximum Gasteiger partial charge on any atom is 0.125 e. The van der Waals surface area contributed by atoms with Gasteiger partial charge >= 0.3 is 0 Å². The monoisotopic (exact) mass is 374 g/mol. The molecule has 3 aromatic rings. The van der Waals surface area contributed by atoms with Crippen molar-refractivity contribution >= 4 is 5.69 Å². The molecule has 1 saturated heterocycles. The van der Waals surface area contributed by atoms with Gasteiger partial charge in [-0.15, -0.1) is 0 Å². The van der Waals surface area contributed by atoms with E-state index in [1.54, 1.807) is 12.4 Å². The second-order valence-corrected chi connectivity index (χ2v) is 7.20. The molecule has 0 radical (unpaired) electrons. The van der Waals surface area contributed by atoms with Crippen molar-refractivity contribution < 1.29 is 0 Å². The van der Waals surface area contributed by atoms with Crippen molar-refractivity contribution in [2.75, 3.05) is 24.5 Å². The predicted molar refractivity (Wildman–Crippen MR) is 111 cm³/mol. The van der Waals surface area contributed by atoms with E-state index in [1.807, 2.05) is 25.4 Å². The molecule has 4 rings (SSSR count). The fraction of sp³-hybridized carbons (Fsp3) is 0.364. The summed E-state index contributed by atoms with van der Waals surface area (Å²) in [5.74, 6) is 0.802. The zero-order valence-electron chi connectivity index (χ0n) is 16.3. The van der Waals surface area contributed by atoms with Crippen LogP contribution in [-0.4, -0.2) is 45.6 Å². The summed E-state index contributed by atoms with van der Waals surface area (Å²) in [5, 5.41) is 3.67. The van der Waals surface area contributed by atoms with Crippen LogP contribution in [0, 0.1) is 6.92 Å². The molecule has 0 saturated carbocycles. The quantitative estimate of drug-likeness (QED) is 0.715. The molecule has 0 spiro atoms. The van der Waals surface area contributed by atoms with Crippen molar-refractivity contribution in [2.45, 2.75) is 32.2 Å². The second kappa shape index (κ2) is 8.89. The molecule has 1 fully saturated rings. The van der Waals surface area contributed by atoms with Crippen LogP contribution in [0.1, 0.15) is 24.4 Å². The Labute approximate surface area is 166 Å². The van der Waals surface area contributed by atoms with Crippen molar-refractivity contribution in [1.82, 2.24) is 25.3 Å². The fourth-order valence-electron chi connectivity index (χ4n) is 3.68. The van der Waals surface area contributed by atoms with Gasteiger partial charge in [-0.2, -0.15) is 0 Å². The molecular formula is C22H26N6. The minimum atomic E-state index is 0.570. The summed E-state index contributed by atoms with van der Waals surface area (Å²) in [6.45, 7) is 5.01. The van der Waals surface area contributed by atoms with Gasteiger partial charge in [-0.1, -0.05) is 12.1 Å².